The van der Waals surface area contributed by atoms with Crippen molar-refractivity contribution >= 4 is 11.9 Å². The Morgan fingerprint density at radius 1 is 1.00 bits per heavy atom. The van der Waals surface area contributed by atoms with Crippen molar-refractivity contribution in [2.75, 3.05) is 0 Å². The molecule has 0 radical (unpaired) electrons. The molecule has 9 nitrogen and oxygen atoms in total. The molecule has 122 valence electrons. The van der Waals surface area contributed by atoms with Gasteiger partial charge in [-0.15, -0.1) is 0 Å². The van der Waals surface area contributed by atoms with Crippen LogP contribution in [0.4, 0.5) is 0 Å². The van der Waals surface area contributed by atoms with Crippen LogP contribution in [0.25, 0.3) is 0 Å². The van der Waals surface area contributed by atoms with Crippen LogP contribution in [0.2, 0.25) is 0 Å². The van der Waals surface area contributed by atoms with Gasteiger partial charge >= 0.3 is 11.9 Å². The number of carboxylic acids is 2. The van der Waals surface area contributed by atoms with E-state index in [0.717, 1.165) is 12.2 Å². The molecule has 7 N–H and O–H groups in total. The Morgan fingerprint density at radius 2 is 1.33 bits per heavy atom. The van der Waals surface area contributed by atoms with Gasteiger partial charge in [0.25, 0.3) is 0 Å². The van der Waals surface area contributed by atoms with E-state index in [9.17, 15) is 9.59 Å². The molecule has 0 bridgehead atoms. The maximum Gasteiger partial charge on any atom is 0.327 e. The summed E-state index contributed by atoms with van der Waals surface area (Å²) in [6, 6.07) is 0. The quantitative estimate of drug-likeness (QED) is 0.234. The first-order valence-corrected chi connectivity index (χ1v) is 5.70. The minimum atomic E-state index is -2.80. The Bertz CT molecular complexity index is 355. The second-order valence-corrected chi connectivity index (χ2v) is 4.04. The smallest absolute Gasteiger partial charge is 0.327 e. The van der Waals surface area contributed by atoms with Crippen LogP contribution in [0.3, 0.4) is 0 Å². The summed E-state index contributed by atoms with van der Waals surface area (Å²) >= 11 is 0. The third-order valence-corrected chi connectivity index (χ3v) is 2.41. The lowest BCUT2D eigenvalue weighted by Crippen LogP contribution is -2.63. The molecule has 1 aliphatic carbocycles. The van der Waals surface area contributed by atoms with Crippen molar-refractivity contribution in [1.29, 1.82) is 0 Å². The molecule has 1 saturated carbocycles. The Balaban J connectivity index is 0. The molecule has 0 saturated heterocycles. The molecule has 0 aromatic heterocycles. The van der Waals surface area contributed by atoms with Gasteiger partial charge in [0, 0.05) is 18.6 Å². The number of aliphatic carboxylic acids is 2. The lowest BCUT2D eigenvalue weighted by atomic mass is 9.86. The van der Waals surface area contributed by atoms with Crippen molar-refractivity contribution in [3.05, 3.63) is 25.3 Å². The Morgan fingerprint density at radius 3 is 1.52 bits per heavy atom. The second kappa shape index (κ2) is 9.21. The molecule has 0 aromatic carbocycles. The summed E-state index contributed by atoms with van der Waals surface area (Å²) in [5, 5.41) is 60.0. The van der Waals surface area contributed by atoms with Gasteiger partial charge in [-0.2, -0.15) is 0 Å². The van der Waals surface area contributed by atoms with E-state index < -0.39 is 29.6 Å². The van der Waals surface area contributed by atoms with Gasteiger partial charge in [-0.1, -0.05) is 13.2 Å². The zero-order chi connectivity index (χ0) is 17.3. The van der Waals surface area contributed by atoms with Crippen molar-refractivity contribution in [1.82, 2.24) is 0 Å². The number of rotatable bonds is 2. The molecule has 1 unspecified atom stereocenters. The fraction of sp³-hybridized carbons (Fsp3) is 0.500. The van der Waals surface area contributed by atoms with Crippen molar-refractivity contribution < 1.29 is 45.3 Å². The molecule has 1 rings (SSSR count). The minimum absolute atomic E-state index is 0.142. The Labute approximate surface area is 120 Å². The molecule has 9 heteroatoms. The van der Waals surface area contributed by atoms with E-state index in [4.69, 9.17) is 35.7 Å². The molecule has 21 heavy (non-hydrogen) atoms. The van der Waals surface area contributed by atoms with Crippen molar-refractivity contribution in [3.63, 3.8) is 0 Å². The summed E-state index contributed by atoms with van der Waals surface area (Å²) in [5.41, 5.74) is 0. The van der Waals surface area contributed by atoms with Crippen LogP contribution in [0, 0.1) is 0 Å². The molecule has 1 aliphatic rings. The second-order valence-electron chi connectivity index (χ2n) is 4.04. The first kappa shape index (κ1) is 21.5. The maximum absolute atomic E-state index is 9.25. The fourth-order valence-corrected chi connectivity index (χ4v) is 1.19. The van der Waals surface area contributed by atoms with E-state index in [1.165, 1.54) is 0 Å². The summed E-state index contributed by atoms with van der Waals surface area (Å²) in [5.74, 6) is -7.36. The van der Waals surface area contributed by atoms with E-state index in [2.05, 4.69) is 13.2 Å². The summed E-state index contributed by atoms with van der Waals surface area (Å²) in [4.78, 5) is 18.5. The monoisotopic (exact) mass is 308 g/mol. The molecular weight excluding hydrogens is 288 g/mol. The van der Waals surface area contributed by atoms with Crippen LogP contribution in [0.15, 0.2) is 25.3 Å². The highest BCUT2D eigenvalue weighted by Crippen LogP contribution is 2.33. The molecule has 0 amide bonds. The molecule has 1 atom stereocenters. The highest BCUT2D eigenvalue weighted by atomic mass is 16.6. The number of hydrogen-bond donors (Lipinski definition) is 7. The molecule has 1 fully saturated rings. The lowest BCUT2D eigenvalue weighted by molar-refractivity contribution is -0.397. The van der Waals surface area contributed by atoms with Gasteiger partial charge in [0.05, 0.1) is 0 Å². The summed E-state index contributed by atoms with van der Waals surface area (Å²) in [6.07, 6.45) is 0.551. The maximum atomic E-state index is 9.25. The van der Waals surface area contributed by atoms with Gasteiger partial charge in [0.2, 0.25) is 11.6 Å². The number of hydrogen-bond acceptors (Lipinski definition) is 7. The highest BCUT2D eigenvalue weighted by Gasteiger charge is 2.54. The highest BCUT2D eigenvalue weighted by molar-refractivity contribution is 5.79. The molecule has 0 spiro atoms. The van der Waals surface area contributed by atoms with E-state index in [1.807, 2.05) is 0 Å². The van der Waals surface area contributed by atoms with Crippen LogP contribution in [-0.2, 0) is 9.59 Å². The average molecular weight is 308 g/mol. The predicted molar refractivity (Wildman–Crippen MR) is 69.9 cm³/mol. The van der Waals surface area contributed by atoms with Crippen molar-refractivity contribution in [2.24, 2.45) is 0 Å². The summed E-state index contributed by atoms with van der Waals surface area (Å²) in [6.45, 7) is 5.92. The molecule has 0 aromatic rings. The van der Waals surface area contributed by atoms with E-state index in [-0.39, 0.29) is 12.8 Å². The van der Waals surface area contributed by atoms with E-state index in [1.54, 1.807) is 0 Å². The van der Waals surface area contributed by atoms with Gasteiger partial charge < -0.3 is 35.7 Å². The van der Waals surface area contributed by atoms with Crippen LogP contribution in [0.5, 0.6) is 0 Å². The minimum Gasteiger partial charge on any atom is -0.478 e. The van der Waals surface area contributed by atoms with Crippen LogP contribution in [0.1, 0.15) is 19.3 Å². The van der Waals surface area contributed by atoms with Crippen LogP contribution < -0.4 is 0 Å². The fourth-order valence-electron chi connectivity index (χ4n) is 1.19. The SMILES string of the molecule is C=CC(=O)O.C=CC(=O)O.OC1CCCC(O)(O)C1(O)O. The van der Waals surface area contributed by atoms with Gasteiger partial charge in [-0.3, -0.25) is 0 Å². The molecular formula is C12H20O9. The van der Waals surface area contributed by atoms with Crippen LogP contribution in [-0.4, -0.2) is 65.4 Å². The predicted octanol–water partition coefficient (Wildman–Crippen LogP) is -1.59. The lowest BCUT2D eigenvalue weighted by Gasteiger charge is -2.41. The summed E-state index contributed by atoms with van der Waals surface area (Å²) < 4.78 is 0. The van der Waals surface area contributed by atoms with Gasteiger partial charge in [-0.25, -0.2) is 9.59 Å². The molecule has 0 heterocycles. The average Bonchev–Trinajstić information content (AvgIpc) is 2.37. The van der Waals surface area contributed by atoms with Gasteiger partial charge in [0.1, 0.15) is 6.10 Å². The normalized spacial score (nSPS) is 21.5. The van der Waals surface area contributed by atoms with Gasteiger partial charge in [-0.05, 0) is 12.8 Å². The number of carbonyl (C=O) groups is 2. The zero-order valence-electron chi connectivity index (χ0n) is 11.2. The largest absolute Gasteiger partial charge is 0.478 e. The molecule has 0 aliphatic heterocycles. The zero-order valence-corrected chi connectivity index (χ0v) is 11.2. The summed E-state index contributed by atoms with van der Waals surface area (Å²) in [7, 11) is 0. The third kappa shape index (κ3) is 8.17. The first-order chi connectivity index (χ1) is 9.42. The van der Waals surface area contributed by atoms with Crippen LogP contribution >= 0.6 is 0 Å². The first-order valence-electron chi connectivity index (χ1n) is 5.70. The number of aliphatic hydroxyl groups excluding tert-OH is 1. The van der Waals surface area contributed by atoms with Crippen molar-refractivity contribution in [3.8, 4) is 0 Å². The van der Waals surface area contributed by atoms with E-state index >= 15 is 0 Å². The van der Waals surface area contributed by atoms with E-state index in [0.29, 0.717) is 6.42 Å². The number of aliphatic hydroxyl groups is 5. The Kier molecular flexibility index (Phi) is 9.44. The standard InChI is InChI=1S/C6H12O5.2C3H4O2/c7-4-2-1-3-5(8,9)6(4,10)11;2*1-2-3(4)5/h4,7-11H,1-3H2;2*2H,1H2,(H,4,5). The van der Waals surface area contributed by atoms with Crippen molar-refractivity contribution in [2.45, 2.75) is 36.9 Å². The number of carboxylic acid groups (broad SMARTS) is 2. The topological polar surface area (TPSA) is 176 Å². The van der Waals surface area contributed by atoms with Gasteiger partial charge in [0.15, 0.2) is 0 Å². The Hall–Kier alpha value is -1.78. The third-order valence-electron chi connectivity index (χ3n) is 2.41.